The minimum absolute atomic E-state index is 0.107. The fourth-order valence-electron chi connectivity index (χ4n) is 3.54. The van der Waals surface area contributed by atoms with Crippen LogP contribution in [-0.2, 0) is 14.8 Å². The van der Waals surface area contributed by atoms with Crippen LogP contribution in [-0.4, -0.2) is 62.2 Å². The average Bonchev–Trinajstić information content (AvgIpc) is 2.73. The largest absolute Gasteiger partial charge is 0.482 e. The summed E-state index contributed by atoms with van der Waals surface area (Å²) in [5.74, 6) is -0.670. The van der Waals surface area contributed by atoms with Gasteiger partial charge in [0.15, 0.2) is 6.61 Å². The Kier molecular flexibility index (Phi) is 5.20. The number of hydrogen-bond donors (Lipinski definition) is 1. The van der Waals surface area contributed by atoms with Crippen molar-refractivity contribution in [3.63, 3.8) is 0 Å². The zero-order valence-electron chi connectivity index (χ0n) is 16.2. The molecular weight excluding hydrogens is 413 g/mol. The minimum atomic E-state index is -3.81. The van der Waals surface area contributed by atoms with Crippen LogP contribution in [0.15, 0.2) is 41.3 Å². The topological polar surface area (TPSA) is 96.0 Å². The normalized spacial score (nSPS) is 17.1. The number of nitrogens with one attached hydrogen (secondary N) is 1. The van der Waals surface area contributed by atoms with Gasteiger partial charge in [-0.25, -0.2) is 12.8 Å². The van der Waals surface area contributed by atoms with Gasteiger partial charge in [-0.2, -0.15) is 4.31 Å². The molecule has 1 fully saturated rings. The summed E-state index contributed by atoms with van der Waals surface area (Å²) in [6.07, 6.45) is 0. The first kappa shape index (κ1) is 20.3. The van der Waals surface area contributed by atoms with E-state index >= 15 is 0 Å². The van der Waals surface area contributed by atoms with Gasteiger partial charge in [-0.3, -0.25) is 9.59 Å². The van der Waals surface area contributed by atoms with Crippen molar-refractivity contribution in [3.05, 3.63) is 53.3 Å². The van der Waals surface area contributed by atoms with E-state index in [1.54, 1.807) is 17.9 Å². The van der Waals surface area contributed by atoms with Crippen molar-refractivity contribution < 1.29 is 27.1 Å². The van der Waals surface area contributed by atoms with Crippen molar-refractivity contribution in [3.8, 4) is 5.75 Å². The number of hydrogen-bond acceptors (Lipinski definition) is 5. The fraction of sp³-hybridized carbons (Fsp3) is 0.300. The maximum Gasteiger partial charge on any atom is 0.262 e. The summed E-state index contributed by atoms with van der Waals surface area (Å²) in [7, 11) is -3.81. The van der Waals surface area contributed by atoms with Crippen molar-refractivity contribution in [2.24, 2.45) is 0 Å². The van der Waals surface area contributed by atoms with Crippen LogP contribution >= 0.6 is 0 Å². The van der Waals surface area contributed by atoms with Crippen LogP contribution in [0.4, 0.5) is 10.1 Å². The highest BCUT2D eigenvalue weighted by atomic mass is 32.2. The Bertz CT molecular complexity index is 1110. The van der Waals surface area contributed by atoms with Gasteiger partial charge in [0.25, 0.3) is 11.8 Å². The lowest BCUT2D eigenvalue weighted by Gasteiger charge is -2.34. The highest BCUT2D eigenvalue weighted by Gasteiger charge is 2.32. The predicted octanol–water partition coefficient (Wildman–Crippen LogP) is 1.61. The number of halogens is 1. The molecule has 0 aliphatic carbocycles. The number of ether oxygens (including phenoxy) is 1. The van der Waals surface area contributed by atoms with E-state index in [0.717, 1.165) is 0 Å². The van der Waals surface area contributed by atoms with Gasteiger partial charge >= 0.3 is 0 Å². The average molecular weight is 433 g/mol. The molecule has 1 saturated heterocycles. The van der Waals surface area contributed by atoms with Crippen LogP contribution < -0.4 is 10.1 Å². The number of amides is 2. The van der Waals surface area contributed by atoms with Crippen LogP contribution in [0, 0.1) is 12.7 Å². The molecule has 2 amide bonds. The van der Waals surface area contributed by atoms with Gasteiger partial charge in [0.1, 0.15) is 11.6 Å². The highest BCUT2D eigenvalue weighted by molar-refractivity contribution is 7.89. The lowest BCUT2D eigenvalue weighted by molar-refractivity contribution is -0.118. The molecule has 0 saturated carbocycles. The molecule has 2 aromatic carbocycles. The Morgan fingerprint density at radius 1 is 1.10 bits per heavy atom. The Hall–Kier alpha value is -2.98. The maximum atomic E-state index is 13.2. The molecule has 4 rings (SSSR count). The number of sulfonamides is 1. The fourth-order valence-corrected chi connectivity index (χ4v) is 5.18. The van der Waals surface area contributed by atoms with Crippen LogP contribution in [0.3, 0.4) is 0 Å². The quantitative estimate of drug-likeness (QED) is 0.794. The van der Waals surface area contributed by atoms with Crippen LogP contribution in [0.1, 0.15) is 15.9 Å². The molecule has 0 unspecified atom stereocenters. The summed E-state index contributed by atoms with van der Waals surface area (Å²) in [6.45, 7) is 2.23. The summed E-state index contributed by atoms with van der Waals surface area (Å²) in [5, 5.41) is 2.66. The van der Waals surface area contributed by atoms with Crippen molar-refractivity contribution in [1.29, 1.82) is 0 Å². The molecule has 2 aliphatic heterocycles. The molecule has 0 spiro atoms. The summed E-state index contributed by atoms with van der Waals surface area (Å²) in [6, 6.07) is 8.27. The molecule has 10 heteroatoms. The molecule has 8 nitrogen and oxygen atoms in total. The number of piperazine rings is 1. The molecule has 2 aliphatic rings. The minimum Gasteiger partial charge on any atom is -0.482 e. The van der Waals surface area contributed by atoms with Crippen LogP contribution in [0.25, 0.3) is 0 Å². The Morgan fingerprint density at radius 2 is 1.77 bits per heavy atom. The van der Waals surface area contributed by atoms with E-state index < -0.39 is 15.8 Å². The zero-order valence-corrected chi connectivity index (χ0v) is 17.0. The summed E-state index contributed by atoms with van der Waals surface area (Å²) < 4.78 is 46.1. The van der Waals surface area contributed by atoms with E-state index in [1.807, 2.05) is 0 Å². The highest BCUT2D eigenvalue weighted by Crippen LogP contribution is 2.34. The van der Waals surface area contributed by atoms with Gasteiger partial charge in [-0.1, -0.05) is 0 Å². The second-order valence-electron chi connectivity index (χ2n) is 7.15. The first-order valence-electron chi connectivity index (χ1n) is 9.38. The molecule has 0 atom stereocenters. The number of fused-ring (bicyclic) bond motifs is 1. The lowest BCUT2D eigenvalue weighted by atomic mass is 10.2. The van der Waals surface area contributed by atoms with Gasteiger partial charge in [-0.05, 0) is 42.8 Å². The van der Waals surface area contributed by atoms with Crippen molar-refractivity contribution in [2.75, 3.05) is 38.1 Å². The predicted molar refractivity (Wildman–Crippen MR) is 106 cm³/mol. The molecule has 30 heavy (non-hydrogen) atoms. The molecule has 0 aromatic heterocycles. The van der Waals surface area contributed by atoms with Gasteiger partial charge in [0, 0.05) is 37.8 Å². The van der Waals surface area contributed by atoms with Crippen LogP contribution in [0.5, 0.6) is 5.75 Å². The van der Waals surface area contributed by atoms with Gasteiger partial charge in [0.2, 0.25) is 10.0 Å². The molecule has 1 N–H and O–H groups in total. The van der Waals surface area contributed by atoms with E-state index in [9.17, 15) is 22.4 Å². The molecular formula is C20H20FN3O5S. The van der Waals surface area contributed by atoms with Crippen molar-refractivity contribution in [1.82, 2.24) is 9.21 Å². The number of aryl methyl sites for hydroxylation is 1. The number of rotatable bonds is 3. The number of benzene rings is 2. The molecule has 158 valence electrons. The standard InChI is InChI=1S/C20H20FN3O5S/c1-13-10-16-17(29-12-19(25)22-16)11-18(13)30(27,28)24-8-6-23(7-9-24)20(26)14-2-4-15(21)5-3-14/h2-5,10-11H,6-9,12H2,1H3,(H,22,25). The van der Waals surface area contributed by atoms with E-state index in [-0.39, 0.29) is 49.5 Å². The van der Waals surface area contributed by atoms with E-state index in [2.05, 4.69) is 5.32 Å². The molecule has 0 bridgehead atoms. The summed E-state index contributed by atoms with van der Waals surface area (Å²) in [5.41, 5.74) is 1.29. The summed E-state index contributed by atoms with van der Waals surface area (Å²) in [4.78, 5) is 25.7. The Labute approximate surface area is 173 Å². The number of carbonyl (C=O) groups is 2. The molecule has 2 heterocycles. The maximum absolute atomic E-state index is 13.2. The monoisotopic (exact) mass is 433 g/mol. The van der Waals surface area contributed by atoms with Crippen molar-refractivity contribution in [2.45, 2.75) is 11.8 Å². The van der Waals surface area contributed by atoms with E-state index in [4.69, 9.17) is 4.74 Å². The van der Waals surface area contributed by atoms with Gasteiger partial charge in [-0.15, -0.1) is 0 Å². The summed E-state index contributed by atoms with van der Waals surface area (Å²) >= 11 is 0. The second-order valence-corrected chi connectivity index (χ2v) is 9.06. The molecule has 2 aromatic rings. The van der Waals surface area contributed by atoms with Crippen molar-refractivity contribution >= 4 is 27.5 Å². The first-order chi connectivity index (χ1) is 14.3. The lowest BCUT2D eigenvalue weighted by Crippen LogP contribution is -2.50. The van der Waals surface area contributed by atoms with E-state index in [0.29, 0.717) is 22.6 Å². The third-order valence-corrected chi connectivity index (χ3v) is 7.19. The number of nitrogens with zero attached hydrogens (tertiary/aromatic N) is 2. The third kappa shape index (κ3) is 3.75. The number of carbonyl (C=O) groups excluding carboxylic acids is 2. The van der Waals surface area contributed by atoms with Gasteiger partial charge in [0.05, 0.1) is 10.6 Å². The number of anilines is 1. The van der Waals surface area contributed by atoms with Gasteiger partial charge < -0.3 is 15.0 Å². The molecule has 0 radical (unpaired) electrons. The first-order valence-corrected chi connectivity index (χ1v) is 10.8. The SMILES string of the molecule is Cc1cc2c(cc1S(=O)(=O)N1CCN(C(=O)c3ccc(F)cc3)CC1)OCC(=O)N2. The Morgan fingerprint density at radius 3 is 2.43 bits per heavy atom. The van der Waals surface area contributed by atoms with Crippen LogP contribution in [0.2, 0.25) is 0 Å². The Balaban J connectivity index is 1.50. The third-order valence-electron chi connectivity index (χ3n) is 5.14. The second kappa shape index (κ2) is 7.69. The van der Waals surface area contributed by atoms with E-state index in [1.165, 1.54) is 34.6 Å². The zero-order chi connectivity index (χ0) is 21.5. The smallest absolute Gasteiger partial charge is 0.262 e.